The van der Waals surface area contributed by atoms with Crippen LogP contribution < -0.4 is 5.73 Å². The lowest BCUT2D eigenvalue weighted by molar-refractivity contribution is -0.134. The van der Waals surface area contributed by atoms with E-state index in [2.05, 4.69) is 0 Å². The van der Waals surface area contributed by atoms with E-state index in [0.717, 1.165) is 5.56 Å². The van der Waals surface area contributed by atoms with Crippen LogP contribution in [0.5, 0.6) is 0 Å². The van der Waals surface area contributed by atoms with Crippen LogP contribution in [0.1, 0.15) is 29.8 Å². The topological polar surface area (TPSA) is 72.6 Å². The number of hydrogen-bond donors (Lipinski definition) is 1. The SMILES string of the molecule is CCN(CC)C(=O)COC(=O)c1cc(N)ccc1C. The number of esters is 1. The maximum atomic E-state index is 11.9. The standard InChI is InChI=1S/C14H20N2O3/c1-4-16(5-2)13(17)9-19-14(18)12-8-11(15)7-6-10(12)3/h6-8H,4-5,9,15H2,1-3H3. The van der Waals surface area contributed by atoms with Crippen LogP contribution in [0.4, 0.5) is 5.69 Å². The summed E-state index contributed by atoms with van der Waals surface area (Å²) in [5, 5.41) is 0. The van der Waals surface area contributed by atoms with Gasteiger partial charge in [-0.1, -0.05) is 6.07 Å². The van der Waals surface area contributed by atoms with E-state index >= 15 is 0 Å². The molecule has 0 atom stereocenters. The Balaban J connectivity index is 2.65. The van der Waals surface area contributed by atoms with Gasteiger partial charge in [0, 0.05) is 18.8 Å². The number of carbonyl (C=O) groups is 2. The molecule has 2 N–H and O–H groups in total. The minimum absolute atomic E-state index is 0.195. The van der Waals surface area contributed by atoms with Gasteiger partial charge in [-0.25, -0.2) is 4.79 Å². The maximum Gasteiger partial charge on any atom is 0.338 e. The van der Waals surface area contributed by atoms with E-state index in [9.17, 15) is 9.59 Å². The molecular weight excluding hydrogens is 244 g/mol. The first-order valence-electron chi connectivity index (χ1n) is 6.30. The van der Waals surface area contributed by atoms with Gasteiger partial charge in [0.2, 0.25) is 0 Å². The molecule has 0 fully saturated rings. The van der Waals surface area contributed by atoms with Crippen LogP contribution in [-0.4, -0.2) is 36.5 Å². The van der Waals surface area contributed by atoms with Crippen molar-refractivity contribution in [2.75, 3.05) is 25.4 Å². The molecule has 5 heteroatoms. The molecule has 1 rings (SSSR count). The number of anilines is 1. The normalized spacial score (nSPS) is 10.1. The Kier molecular flexibility index (Phi) is 5.36. The highest BCUT2D eigenvalue weighted by Gasteiger charge is 2.15. The van der Waals surface area contributed by atoms with E-state index in [4.69, 9.17) is 10.5 Å². The van der Waals surface area contributed by atoms with Gasteiger partial charge in [-0.3, -0.25) is 4.79 Å². The van der Waals surface area contributed by atoms with Crippen LogP contribution in [0.15, 0.2) is 18.2 Å². The highest BCUT2D eigenvalue weighted by molar-refractivity contribution is 5.93. The summed E-state index contributed by atoms with van der Waals surface area (Å²) in [7, 11) is 0. The molecule has 0 spiro atoms. The van der Waals surface area contributed by atoms with Gasteiger partial charge in [-0.2, -0.15) is 0 Å². The van der Waals surface area contributed by atoms with Crippen molar-refractivity contribution in [1.82, 2.24) is 4.90 Å². The zero-order valence-corrected chi connectivity index (χ0v) is 11.6. The van der Waals surface area contributed by atoms with Crippen molar-refractivity contribution >= 4 is 17.6 Å². The minimum atomic E-state index is -0.523. The molecule has 0 heterocycles. The van der Waals surface area contributed by atoms with Gasteiger partial charge in [0.15, 0.2) is 6.61 Å². The molecule has 5 nitrogen and oxygen atoms in total. The van der Waals surface area contributed by atoms with Crippen molar-refractivity contribution in [2.45, 2.75) is 20.8 Å². The number of aryl methyl sites for hydroxylation is 1. The number of carbonyl (C=O) groups excluding carboxylic acids is 2. The third kappa shape index (κ3) is 3.98. The number of amides is 1. The summed E-state index contributed by atoms with van der Waals surface area (Å²) in [5.41, 5.74) is 7.29. The number of nitrogen functional groups attached to an aromatic ring is 1. The fourth-order valence-corrected chi connectivity index (χ4v) is 1.73. The van der Waals surface area contributed by atoms with E-state index in [1.807, 2.05) is 13.8 Å². The van der Waals surface area contributed by atoms with E-state index in [-0.39, 0.29) is 12.5 Å². The lowest BCUT2D eigenvalue weighted by atomic mass is 10.1. The number of hydrogen-bond acceptors (Lipinski definition) is 4. The second-order valence-corrected chi connectivity index (χ2v) is 4.22. The first-order chi connectivity index (χ1) is 8.99. The Labute approximate surface area is 113 Å². The number of ether oxygens (including phenoxy) is 1. The largest absolute Gasteiger partial charge is 0.452 e. The van der Waals surface area contributed by atoms with Crippen molar-refractivity contribution in [3.05, 3.63) is 29.3 Å². The fourth-order valence-electron chi connectivity index (χ4n) is 1.73. The van der Waals surface area contributed by atoms with Crippen LogP contribution in [0.3, 0.4) is 0 Å². The van der Waals surface area contributed by atoms with Crippen LogP contribution in [0.2, 0.25) is 0 Å². The molecule has 0 aliphatic rings. The molecule has 0 saturated heterocycles. The highest BCUT2D eigenvalue weighted by Crippen LogP contribution is 2.13. The second kappa shape index (κ2) is 6.78. The molecule has 0 aliphatic heterocycles. The molecule has 0 radical (unpaired) electrons. The monoisotopic (exact) mass is 264 g/mol. The van der Waals surface area contributed by atoms with Crippen LogP contribution in [0, 0.1) is 6.92 Å². The van der Waals surface area contributed by atoms with Gasteiger partial charge in [-0.05, 0) is 38.5 Å². The van der Waals surface area contributed by atoms with Gasteiger partial charge in [0.25, 0.3) is 5.91 Å². The van der Waals surface area contributed by atoms with Gasteiger partial charge in [-0.15, -0.1) is 0 Å². The average Bonchev–Trinajstić information content (AvgIpc) is 2.40. The van der Waals surface area contributed by atoms with Crippen LogP contribution in [-0.2, 0) is 9.53 Å². The maximum absolute atomic E-state index is 11.9. The third-order valence-electron chi connectivity index (χ3n) is 2.92. The third-order valence-corrected chi connectivity index (χ3v) is 2.92. The molecule has 1 aromatic carbocycles. The fraction of sp³-hybridized carbons (Fsp3) is 0.429. The van der Waals surface area contributed by atoms with Crippen molar-refractivity contribution < 1.29 is 14.3 Å². The molecule has 1 amide bonds. The smallest absolute Gasteiger partial charge is 0.338 e. The molecule has 19 heavy (non-hydrogen) atoms. The summed E-state index contributed by atoms with van der Waals surface area (Å²) < 4.78 is 5.02. The Morgan fingerprint density at radius 1 is 1.26 bits per heavy atom. The minimum Gasteiger partial charge on any atom is -0.452 e. The molecule has 0 aromatic heterocycles. The molecule has 0 bridgehead atoms. The second-order valence-electron chi connectivity index (χ2n) is 4.22. The lowest BCUT2D eigenvalue weighted by Crippen LogP contribution is -2.34. The summed E-state index contributed by atoms with van der Waals surface area (Å²) in [6, 6.07) is 5.02. The lowest BCUT2D eigenvalue weighted by Gasteiger charge is -2.18. The highest BCUT2D eigenvalue weighted by atomic mass is 16.5. The van der Waals surface area contributed by atoms with Crippen molar-refractivity contribution in [3.8, 4) is 0 Å². The summed E-state index contributed by atoms with van der Waals surface area (Å²) in [6.45, 7) is 6.52. The van der Waals surface area contributed by atoms with Crippen LogP contribution >= 0.6 is 0 Å². The predicted molar refractivity (Wildman–Crippen MR) is 73.8 cm³/mol. The number of nitrogens with two attached hydrogens (primary N) is 1. The molecule has 0 aliphatic carbocycles. The molecule has 0 unspecified atom stereocenters. The zero-order valence-electron chi connectivity index (χ0n) is 11.6. The average molecular weight is 264 g/mol. The molecular formula is C14H20N2O3. The molecule has 1 aromatic rings. The summed E-state index contributed by atoms with van der Waals surface area (Å²) in [5.74, 6) is -0.717. The summed E-state index contributed by atoms with van der Waals surface area (Å²) in [4.78, 5) is 25.2. The Hall–Kier alpha value is -2.04. The van der Waals surface area contributed by atoms with Crippen molar-refractivity contribution in [2.24, 2.45) is 0 Å². The van der Waals surface area contributed by atoms with Gasteiger partial charge in [0.1, 0.15) is 0 Å². The first kappa shape index (κ1) is 15.0. The summed E-state index contributed by atoms with van der Waals surface area (Å²) >= 11 is 0. The van der Waals surface area contributed by atoms with Gasteiger partial charge < -0.3 is 15.4 Å². The van der Waals surface area contributed by atoms with Gasteiger partial charge >= 0.3 is 5.97 Å². The number of benzene rings is 1. The van der Waals surface area contributed by atoms with Crippen molar-refractivity contribution in [3.63, 3.8) is 0 Å². The Morgan fingerprint density at radius 2 is 1.89 bits per heavy atom. The number of rotatable bonds is 5. The van der Waals surface area contributed by atoms with Crippen molar-refractivity contribution in [1.29, 1.82) is 0 Å². The van der Waals surface area contributed by atoms with E-state index in [1.54, 1.807) is 30.0 Å². The quantitative estimate of drug-likeness (QED) is 0.647. The van der Waals surface area contributed by atoms with Crippen LogP contribution in [0.25, 0.3) is 0 Å². The Morgan fingerprint density at radius 3 is 2.47 bits per heavy atom. The molecule has 0 saturated carbocycles. The zero-order chi connectivity index (χ0) is 14.4. The predicted octanol–water partition coefficient (Wildman–Crippen LogP) is 1.60. The van der Waals surface area contributed by atoms with Gasteiger partial charge in [0.05, 0.1) is 5.56 Å². The summed E-state index contributed by atoms with van der Waals surface area (Å²) in [6.07, 6.45) is 0. The number of likely N-dealkylation sites (N-methyl/N-ethyl adjacent to an activating group) is 1. The van der Waals surface area contributed by atoms with E-state index in [1.165, 1.54) is 0 Å². The first-order valence-corrected chi connectivity index (χ1v) is 6.30. The van der Waals surface area contributed by atoms with E-state index < -0.39 is 5.97 Å². The molecule has 104 valence electrons. The number of nitrogens with zero attached hydrogens (tertiary/aromatic N) is 1. The Bertz CT molecular complexity index is 468. The van der Waals surface area contributed by atoms with E-state index in [0.29, 0.717) is 24.3 Å².